The Morgan fingerprint density at radius 2 is 2.07 bits per heavy atom. The number of ether oxygens (including phenoxy) is 1. The number of carbonyl (C=O) groups excluding carboxylic acids is 1. The zero-order chi connectivity index (χ0) is 19.2. The number of methoxy groups -OCH3 is 1. The topological polar surface area (TPSA) is 41.6 Å². The number of anilines is 1. The maximum Gasteiger partial charge on any atom is 0.416 e. The summed E-state index contributed by atoms with van der Waals surface area (Å²) < 4.78 is 44.3. The second-order valence-electron chi connectivity index (χ2n) is 6.43. The van der Waals surface area contributed by atoms with Crippen molar-refractivity contribution in [2.75, 3.05) is 24.3 Å². The number of nitrogens with one attached hydrogen (secondary N) is 1. The number of halogens is 3. The van der Waals surface area contributed by atoms with Gasteiger partial charge in [-0.25, -0.2) is 0 Å². The summed E-state index contributed by atoms with van der Waals surface area (Å²) in [5.74, 6) is 1.25. The Balaban J connectivity index is 1.74. The number of hydrogen-bond donors (Lipinski definition) is 1. The maximum atomic E-state index is 13.3. The van der Waals surface area contributed by atoms with E-state index in [-0.39, 0.29) is 12.5 Å². The summed E-state index contributed by atoms with van der Waals surface area (Å²) in [4.78, 5) is 13.9. The third-order valence-corrected chi connectivity index (χ3v) is 6.19. The average molecular weight is 394 g/mol. The van der Waals surface area contributed by atoms with Gasteiger partial charge in [-0.3, -0.25) is 10.1 Å². The van der Waals surface area contributed by atoms with Crippen LogP contribution < -0.4 is 15.0 Å². The van der Waals surface area contributed by atoms with Gasteiger partial charge in [0, 0.05) is 17.9 Å². The maximum absolute atomic E-state index is 13.3. The second-order valence-corrected chi connectivity index (χ2v) is 7.74. The minimum atomic E-state index is -4.42. The molecule has 1 atom stereocenters. The first-order valence-corrected chi connectivity index (χ1v) is 9.39. The number of hydrogen-bond acceptors (Lipinski definition) is 4. The monoisotopic (exact) mass is 394 g/mol. The molecular weight excluding hydrogens is 377 g/mol. The third-order valence-electron chi connectivity index (χ3n) is 4.81. The van der Waals surface area contributed by atoms with Crippen LogP contribution in [0.3, 0.4) is 0 Å². The van der Waals surface area contributed by atoms with E-state index in [2.05, 4.69) is 5.32 Å². The van der Waals surface area contributed by atoms with Gasteiger partial charge in [0.25, 0.3) is 5.91 Å². The molecule has 0 bridgehead atoms. The molecule has 2 aromatic rings. The molecule has 0 aromatic heterocycles. The van der Waals surface area contributed by atoms with Crippen LogP contribution in [0.2, 0.25) is 0 Å². The van der Waals surface area contributed by atoms with E-state index in [0.717, 1.165) is 23.4 Å². The number of thioether (sulfide) groups is 1. The summed E-state index contributed by atoms with van der Waals surface area (Å²) in [6, 6.07) is 10.5. The van der Waals surface area contributed by atoms with Crippen LogP contribution in [0.1, 0.15) is 16.7 Å². The SMILES string of the molecule is COc1ccc2c(c1)C1(NCCS1)C(=O)N2Cc1cccc(C(F)(F)F)c1. The van der Waals surface area contributed by atoms with Gasteiger partial charge in [-0.2, -0.15) is 13.2 Å². The van der Waals surface area contributed by atoms with Crippen LogP contribution in [-0.4, -0.2) is 25.3 Å². The van der Waals surface area contributed by atoms with Crippen LogP contribution in [-0.2, 0) is 22.4 Å². The first kappa shape index (κ1) is 18.2. The van der Waals surface area contributed by atoms with Crippen molar-refractivity contribution >= 4 is 23.4 Å². The van der Waals surface area contributed by atoms with Gasteiger partial charge in [0.15, 0.2) is 4.87 Å². The molecule has 4 rings (SSSR count). The molecule has 2 aliphatic rings. The van der Waals surface area contributed by atoms with Gasteiger partial charge in [0.1, 0.15) is 5.75 Å². The summed E-state index contributed by atoms with van der Waals surface area (Å²) in [7, 11) is 1.56. The van der Waals surface area contributed by atoms with Gasteiger partial charge in [-0.15, -0.1) is 11.8 Å². The average Bonchev–Trinajstić information content (AvgIpc) is 3.22. The summed E-state index contributed by atoms with van der Waals surface area (Å²) >= 11 is 1.51. The number of carbonyl (C=O) groups is 1. The van der Waals surface area contributed by atoms with Gasteiger partial charge in [-0.1, -0.05) is 12.1 Å². The van der Waals surface area contributed by atoms with Crippen molar-refractivity contribution in [3.05, 3.63) is 59.2 Å². The van der Waals surface area contributed by atoms with E-state index in [1.165, 1.54) is 17.8 Å². The van der Waals surface area contributed by atoms with E-state index in [4.69, 9.17) is 4.74 Å². The van der Waals surface area contributed by atoms with Crippen LogP contribution in [0.5, 0.6) is 5.75 Å². The Morgan fingerprint density at radius 1 is 1.26 bits per heavy atom. The number of amides is 1. The molecule has 4 nitrogen and oxygen atoms in total. The van der Waals surface area contributed by atoms with E-state index in [0.29, 0.717) is 23.5 Å². The Bertz CT molecular complexity index is 895. The van der Waals surface area contributed by atoms with Crippen LogP contribution in [0.15, 0.2) is 42.5 Å². The lowest BCUT2D eigenvalue weighted by Gasteiger charge is -2.23. The Kier molecular flexibility index (Phi) is 4.35. The van der Waals surface area contributed by atoms with E-state index in [1.807, 2.05) is 6.07 Å². The molecule has 1 amide bonds. The van der Waals surface area contributed by atoms with E-state index >= 15 is 0 Å². The van der Waals surface area contributed by atoms with Gasteiger partial charge in [0.2, 0.25) is 0 Å². The largest absolute Gasteiger partial charge is 0.497 e. The lowest BCUT2D eigenvalue weighted by molar-refractivity contribution is -0.137. The number of benzene rings is 2. The van der Waals surface area contributed by atoms with E-state index in [9.17, 15) is 18.0 Å². The molecule has 1 fully saturated rings. The predicted octanol–water partition coefficient (Wildman–Crippen LogP) is 3.75. The molecule has 0 aliphatic carbocycles. The highest BCUT2D eigenvalue weighted by Crippen LogP contribution is 2.50. The molecule has 1 spiro atoms. The molecule has 1 N–H and O–H groups in total. The fraction of sp³-hybridized carbons (Fsp3) is 0.316. The molecule has 2 aliphatic heterocycles. The zero-order valence-corrected chi connectivity index (χ0v) is 15.3. The quantitative estimate of drug-likeness (QED) is 0.861. The second kappa shape index (κ2) is 6.45. The van der Waals surface area contributed by atoms with Crippen molar-refractivity contribution in [3.63, 3.8) is 0 Å². The lowest BCUT2D eigenvalue weighted by Crippen LogP contribution is -2.44. The summed E-state index contributed by atoms with van der Waals surface area (Å²) in [5, 5.41) is 3.28. The van der Waals surface area contributed by atoms with Gasteiger partial charge in [-0.05, 0) is 35.9 Å². The van der Waals surface area contributed by atoms with Crippen molar-refractivity contribution in [2.24, 2.45) is 0 Å². The number of nitrogens with zero attached hydrogens (tertiary/aromatic N) is 1. The van der Waals surface area contributed by atoms with Gasteiger partial charge >= 0.3 is 6.18 Å². The fourth-order valence-electron chi connectivity index (χ4n) is 3.55. The van der Waals surface area contributed by atoms with E-state index < -0.39 is 16.6 Å². The highest BCUT2D eigenvalue weighted by atomic mass is 32.2. The van der Waals surface area contributed by atoms with Gasteiger partial charge in [0.05, 0.1) is 24.9 Å². The molecule has 1 unspecified atom stereocenters. The third kappa shape index (κ3) is 2.96. The molecule has 27 heavy (non-hydrogen) atoms. The van der Waals surface area contributed by atoms with E-state index in [1.54, 1.807) is 30.2 Å². The van der Waals surface area contributed by atoms with Crippen molar-refractivity contribution in [1.82, 2.24) is 5.32 Å². The smallest absolute Gasteiger partial charge is 0.416 e. The van der Waals surface area contributed by atoms with Gasteiger partial charge < -0.3 is 9.64 Å². The summed E-state index contributed by atoms with van der Waals surface area (Å²) in [6.45, 7) is 0.760. The highest BCUT2D eigenvalue weighted by molar-refractivity contribution is 8.01. The van der Waals surface area contributed by atoms with Crippen molar-refractivity contribution in [2.45, 2.75) is 17.6 Å². The molecule has 0 radical (unpaired) electrons. The fourth-order valence-corrected chi connectivity index (χ4v) is 4.82. The van der Waals surface area contributed by atoms with Crippen LogP contribution in [0, 0.1) is 0 Å². The first-order chi connectivity index (χ1) is 12.8. The number of fused-ring (bicyclic) bond motifs is 2. The Morgan fingerprint density at radius 3 is 2.74 bits per heavy atom. The molecule has 2 aromatic carbocycles. The Hall–Kier alpha value is -2.19. The molecule has 2 heterocycles. The first-order valence-electron chi connectivity index (χ1n) is 8.41. The van der Waals surface area contributed by atoms with Crippen molar-refractivity contribution in [1.29, 1.82) is 0 Å². The standard InChI is InChI=1S/C19H17F3N2O2S/c1-26-14-5-6-16-15(10-14)18(23-7-8-27-18)17(25)24(16)11-12-3-2-4-13(9-12)19(20,21)22/h2-6,9-10,23H,7-8,11H2,1H3. The zero-order valence-electron chi connectivity index (χ0n) is 14.5. The normalized spacial score (nSPS) is 21.8. The van der Waals surface area contributed by atoms with Crippen LogP contribution >= 0.6 is 11.8 Å². The summed E-state index contributed by atoms with van der Waals surface area (Å²) in [6.07, 6.45) is -4.42. The predicted molar refractivity (Wildman–Crippen MR) is 97.8 cm³/mol. The Labute approximate surface area is 158 Å². The molecule has 1 saturated heterocycles. The minimum absolute atomic E-state index is 0.0755. The highest BCUT2D eigenvalue weighted by Gasteiger charge is 2.53. The number of alkyl halides is 3. The van der Waals surface area contributed by atoms with Crippen LogP contribution in [0.25, 0.3) is 0 Å². The molecular formula is C19H17F3N2O2S. The molecule has 0 saturated carbocycles. The van der Waals surface area contributed by atoms with Crippen molar-refractivity contribution in [3.8, 4) is 5.75 Å². The minimum Gasteiger partial charge on any atom is -0.497 e. The molecule has 142 valence electrons. The number of rotatable bonds is 3. The summed E-state index contributed by atoms with van der Waals surface area (Å²) in [5.41, 5.74) is 1.20. The lowest BCUT2D eigenvalue weighted by atomic mass is 10.1. The van der Waals surface area contributed by atoms with Crippen molar-refractivity contribution < 1.29 is 22.7 Å². The van der Waals surface area contributed by atoms with Crippen LogP contribution in [0.4, 0.5) is 18.9 Å². The molecule has 8 heteroatoms.